The molecule has 21 heavy (non-hydrogen) atoms. The van der Waals surface area contributed by atoms with Crippen molar-refractivity contribution in [1.29, 1.82) is 0 Å². The lowest BCUT2D eigenvalue weighted by atomic mass is 9.91. The molecule has 1 aliphatic carbocycles. The average molecular weight is 312 g/mol. The summed E-state index contributed by atoms with van der Waals surface area (Å²) in [6.07, 6.45) is 2.65. The minimum Gasteiger partial charge on any atom is -0.481 e. The Bertz CT molecular complexity index is 477. The van der Waals surface area contributed by atoms with E-state index in [-0.39, 0.29) is 11.9 Å². The first-order valence-corrected chi connectivity index (χ1v) is 7.74. The Labute approximate surface area is 130 Å². The van der Waals surface area contributed by atoms with Crippen molar-refractivity contribution in [3.05, 3.63) is 29.3 Å². The predicted octanol–water partition coefficient (Wildman–Crippen LogP) is 2.87. The molecule has 1 saturated carbocycles. The number of halogens is 1. The predicted molar refractivity (Wildman–Crippen MR) is 82.6 cm³/mol. The van der Waals surface area contributed by atoms with Gasteiger partial charge in [-0.25, -0.2) is 0 Å². The summed E-state index contributed by atoms with van der Waals surface area (Å²) < 4.78 is 5.65. The smallest absolute Gasteiger partial charge is 0.263 e. The highest BCUT2D eigenvalue weighted by Crippen LogP contribution is 2.23. The average Bonchev–Trinajstić information content (AvgIpc) is 2.48. The molecule has 0 bridgehead atoms. The lowest BCUT2D eigenvalue weighted by Crippen LogP contribution is -2.50. The second-order valence-electron chi connectivity index (χ2n) is 5.58. The Kier molecular flexibility index (Phi) is 5.48. The molecule has 3 atom stereocenters. The minimum absolute atomic E-state index is 0.109. The standard InChI is InChI=1S/C16H22ClNO3/c1-11(21-13-9-7-12(17)8-10-13)16(20)18(2)14-5-3-4-6-15(14)19/h7-11,14-15,19H,3-6H2,1-2H3/t11-,14+,15+/m0/s1. The Hall–Kier alpha value is -1.26. The van der Waals surface area contributed by atoms with E-state index in [1.165, 1.54) is 0 Å². The van der Waals surface area contributed by atoms with Gasteiger partial charge in [-0.15, -0.1) is 0 Å². The second kappa shape index (κ2) is 7.14. The topological polar surface area (TPSA) is 49.8 Å². The number of rotatable bonds is 4. The van der Waals surface area contributed by atoms with Gasteiger partial charge in [0, 0.05) is 12.1 Å². The maximum absolute atomic E-state index is 12.4. The molecule has 2 rings (SSSR count). The van der Waals surface area contributed by atoms with Crippen LogP contribution < -0.4 is 4.74 Å². The fraction of sp³-hybridized carbons (Fsp3) is 0.562. The molecule has 1 aromatic rings. The van der Waals surface area contributed by atoms with Crippen molar-refractivity contribution in [1.82, 2.24) is 4.90 Å². The fourth-order valence-corrected chi connectivity index (χ4v) is 2.89. The van der Waals surface area contributed by atoms with Crippen LogP contribution in [0.25, 0.3) is 0 Å². The van der Waals surface area contributed by atoms with Gasteiger partial charge in [-0.3, -0.25) is 4.79 Å². The maximum atomic E-state index is 12.4. The molecular formula is C16H22ClNO3. The zero-order valence-corrected chi connectivity index (χ0v) is 13.2. The van der Waals surface area contributed by atoms with E-state index in [0.29, 0.717) is 10.8 Å². The Morgan fingerprint density at radius 2 is 1.95 bits per heavy atom. The first-order chi connectivity index (χ1) is 9.99. The van der Waals surface area contributed by atoms with Gasteiger partial charge in [-0.2, -0.15) is 0 Å². The molecule has 1 N–H and O–H groups in total. The van der Waals surface area contributed by atoms with Crippen LogP contribution >= 0.6 is 11.6 Å². The molecule has 0 unspecified atom stereocenters. The van der Waals surface area contributed by atoms with Crippen LogP contribution in [0.3, 0.4) is 0 Å². The number of carbonyl (C=O) groups excluding carboxylic acids is 1. The second-order valence-corrected chi connectivity index (χ2v) is 6.02. The number of hydrogen-bond donors (Lipinski definition) is 1. The number of aliphatic hydroxyl groups is 1. The summed E-state index contributed by atoms with van der Waals surface area (Å²) in [6, 6.07) is 6.82. The number of carbonyl (C=O) groups is 1. The third-order valence-corrected chi connectivity index (χ3v) is 4.27. The van der Waals surface area contributed by atoms with Gasteiger partial charge in [-0.05, 0) is 44.0 Å². The van der Waals surface area contributed by atoms with E-state index in [1.54, 1.807) is 43.1 Å². The number of nitrogens with zero attached hydrogens (tertiary/aromatic N) is 1. The van der Waals surface area contributed by atoms with Gasteiger partial charge in [0.2, 0.25) is 0 Å². The highest BCUT2D eigenvalue weighted by molar-refractivity contribution is 6.30. The van der Waals surface area contributed by atoms with Crippen molar-refractivity contribution in [3.63, 3.8) is 0 Å². The normalized spacial score (nSPS) is 23.4. The first-order valence-electron chi connectivity index (χ1n) is 7.36. The van der Waals surface area contributed by atoms with Crippen molar-refractivity contribution < 1.29 is 14.6 Å². The summed E-state index contributed by atoms with van der Waals surface area (Å²) in [5.41, 5.74) is 0. The lowest BCUT2D eigenvalue weighted by Gasteiger charge is -2.36. The van der Waals surface area contributed by atoms with E-state index in [1.807, 2.05) is 0 Å². The third kappa shape index (κ3) is 4.11. The largest absolute Gasteiger partial charge is 0.481 e. The van der Waals surface area contributed by atoms with Crippen LogP contribution in [0.4, 0.5) is 0 Å². The Morgan fingerprint density at radius 3 is 2.57 bits per heavy atom. The van der Waals surface area contributed by atoms with Crippen LogP contribution in [0, 0.1) is 0 Å². The molecule has 0 aromatic heterocycles. The molecule has 0 heterocycles. The van der Waals surface area contributed by atoms with Gasteiger partial charge in [0.15, 0.2) is 6.10 Å². The molecule has 1 aromatic carbocycles. The van der Waals surface area contributed by atoms with Crippen LogP contribution in [0.15, 0.2) is 24.3 Å². The van der Waals surface area contributed by atoms with Crippen LogP contribution in [0.1, 0.15) is 32.6 Å². The third-order valence-electron chi connectivity index (χ3n) is 4.01. The zero-order chi connectivity index (χ0) is 15.4. The molecule has 0 radical (unpaired) electrons. The van der Waals surface area contributed by atoms with E-state index < -0.39 is 12.2 Å². The number of benzene rings is 1. The van der Waals surface area contributed by atoms with Gasteiger partial charge < -0.3 is 14.7 Å². The lowest BCUT2D eigenvalue weighted by molar-refractivity contribution is -0.142. The summed E-state index contributed by atoms with van der Waals surface area (Å²) in [6.45, 7) is 1.72. The van der Waals surface area contributed by atoms with E-state index in [2.05, 4.69) is 0 Å². The molecule has 1 amide bonds. The summed E-state index contributed by atoms with van der Waals surface area (Å²) in [5, 5.41) is 10.7. The van der Waals surface area contributed by atoms with E-state index in [0.717, 1.165) is 25.7 Å². The van der Waals surface area contributed by atoms with Gasteiger partial charge >= 0.3 is 0 Å². The van der Waals surface area contributed by atoms with Crippen LogP contribution in [-0.4, -0.2) is 41.2 Å². The summed E-state index contributed by atoms with van der Waals surface area (Å²) in [4.78, 5) is 14.1. The molecule has 5 heteroatoms. The maximum Gasteiger partial charge on any atom is 0.263 e. The molecule has 0 aliphatic heterocycles. The molecule has 0 saturated heterocycles. The number of hydrogen-bond acceptors (Lipinski definition) is 3. The Morgan fingerprint density at radius 1 is 1.33 bits per heavy atom. The van der Waals surface area contributed by atoms with Gasteiger partial charge in [0.05, 0.1) is 12.1 Å². The zero-order valence-electron chi connectivity index (χ0n) is 12.5. The SMILES string of the molecule is C[C@H](Oc1ccc(Cl)cc1)C(=O)N(C)[C@@H]1CCCC[C@H]1O. The molecule has 1 fully saturated rings. The van der Waals surface area contributed by atoms with Crippen LogP contribution in [0.5, 0.6) is 5.75 Å². The number of ether oxygens (including phenoxy) is 1. The highest BCUT2D eigenvalue weighted by atomic mass is 35.5. The molecule has 1 aliphatic rings. The molecular weight excluding hydrogens is 290 g/mol. The number of likely N-dealkylation sites (N-methyl/N-ethyl adjacent to an activating group) is 1. The van der Waals surface area contributed by atoms with Crippen molar-refractivity contribution in [3.8, 4) is 5.75 Å². The van der Waals surface area contributed by atoms with Gasteiger partial charge in [0.1, 0.15) is 5.75 Å². The molecule has 116 valence electrons. The fourth-order valence-electron chi connectivity index (χ4n) is 2.76. The number of aliphatic hydroxyl groups excluding tert-OH is 1. The van der Waals surface area contributed by atoms with E-state index in [4.69, 9.17) is 16.3 Å². The van der Waals surface area contributed by atoms with Crippen LogP contribution in [-0.2, 0) is 4.79 Å². The van der Waals surface area contributed by atoms with Crippen LogP contribution in [0.2, 0.25) is 5.02 Å². The van der Waals surface area contributed by atoms with Gasteiger partial charge in [0.25, 0.3) is 5.91 Å². The summed E-state index contributed by atoms with van der Waals surface area (Å²) in [7, 11) is 1.74. The minimum atomic E-state index is -0.592. The first kappa shape index (κ1) is 16.1. The summed E-state index contributed by atoms with van der Waals surface area (Å²) >= 11 is 5.82. The number of amides is 1. The molecule has 0 spiro atoms. The van der Waals surface area contributed by atoms with E-state index in [9.17, 15) is 9.90 Å². The highest BCUT2D eigenvalue weighted by Gasteiger charge is 2.31. The quantitative estimate of drug-likeness (QED) is 0.930. The Balaban J connectivity index is 1.96. The van der Waals surface area contributed by atoms with Crippen molar-refractivity contribution in [2.75, 3.05) is 7.05 Å². The van der Waals surface area contributed by atoms with Crippen molar-refractivity contribution >= 4 is 17.5 Å². The van der Waals surface area contributed by atoms with E-state index >= 15 is 0 Å². The molecule has 4 nitrogen and oxygen atoms in total. The van der Waals surface area contributed by atoms with Crippen molar-refractivity contribution in [2.24, 2.45) is 0 Å². The van der Waals surface area contributed by atoms with Gasteiger partial charge in [-0.1, -0.05) is 24.4 Å². The van der Waals surface area contributed by atoms with Crippen molar-refractivity contribution in [2.45, 2.75) is 50.9 Å². The monoisotopic (exact) mass is 311 g/mol. The summed E-state index contributed by atoms with van der Waals surface area (Å²) in [5.74, 6) is 0.494.